The first kappa shape index (κ1) is 23.0. The van der Waals surface area contributed by atoms with Crippen LogP contribution in [-0.2, 0) is 0 Å². The molecule has 0 spiro atoms. The Kier molecular flexibility index (Phi) is 28.2. The Bertz CT molecular complexity index is 106. The Hall–Kier alpha value is -0.120. The molecule has 0 saturated heterocycles. The largest absolute Gasteiger partial charge is 0.396 e. The summed E-state index contributed by atoms with van der Waals surface area (Å²) in [6.07, 6.45) is 13.1. The first-order valence-electron chi connectivity index (χ1n) is 7.44. The van der Waals surface area contributed by atoms with Gasteiger partial charge in [0.2, 0.25) is 0 Å². The van der Waals surface area contributed by atoms with Gasteiger partial charge in [0.1, 0.15) is 0 Å². The highest BCUT2D eigenvalue weighted by molar-refractivity contribution is 4.46. The molecule has 0 rings (SSSR count). The number of aliphatic hydroxyl groups excluding tert-OH is 2. The summed E-state index contributed by atoms with van der Waals surface area (Å²) in [6, 6.07) is 0. The lowest BCUT2D eigenvalue weighted by atomic mass is 10.1. The van der Waals surface area contributed by atoms with Crippen LogP contribution < -0.4 is 6.15 Å². The van der Waals surface area contributed by atoms with Gasteiger partial charge in [-0.15, -0.1) is 0 Å². The normalized spacial score (nSPS) is 9.67. The van der Waals surface area contributed by atoms with Gasteiger partial charge in [0, 0.05) is 12.7 Å². The fourth-order valence-corrected chi connectivity index (χ4v) is 1.60. The van der Waals surface area contributed by atoms with Crippen LogP contribution in [0.3, 0.4) is 0 Å². The number of rotatable bonds is 10. The summed E-state index contributed by atoms with van der Waals surface area (Å²) in [5, 5.41) is 16.6. The quantitative estimate of drug-likeness (QED) is 0.510. The second kappa shape index (κ2) is 22.1. The average molecular weight is 263 g/mol. The van der Waals surface area contributed by atoms with Gasteiger partial charge in [0.15, 0.2) is 0 Å². The van der Waals surface area contributed by atoms with E-state index in [2.05, 4.69) is 6.92 Å². The van der Waals surface area contributed by atoms with Gasteiger partial charge in [-0.25, -0.2) is 0 Å². The van der Waals surface area contributed by atoms with Crippen molar-refractivity contribution in [3.8, 4) is 0 Å². The molecule has 0 aromatic rings. The summed E-state index contributed by atoms with van der Waals surface area (Å²) >= 11 is 0. The van der Waals surface area contributed by atoms with Gasteiger partial charge >= 0.3 is 0 Å². The van der Waals surface area contributed by atoms with Crippen molar-refractivity contribution in [3.05, 3.63) is 0 Å². The molecule has 0 saturated carbocycles. The maximum absolute atomic E-state index is 8.57. The van der Waals surface area contributed by atoms with Crippen molar-refractivity contribution < 1.29 is 10.2 Å². The van der Waals surface area contributed by atoms with Crippen LogP contribution in [-0.4, -0.2) is 22.9 Å². The van der Waals surface area contributed by atoms with Crippen LogP contribution in [0.2, 0.25) is 0 Å². The van der Waals surface area contributed by atoms with Crippen LogP contribution in [0, 0.1) is 0 Å². The van der Waals surface area contributed by atoms with Crippen molar-refractivity contribution in [2.24, 2.45) is 0 Å². The molecule has 5 N–H and O–H groups in total. The molecule has 18 heavy (non-hydrogen) atoms. The lowest BCUT2D eigenvalue weighted by molar-refractivity contribution is 0.216. The average Bonchev–Trinajstić information content (AvgIpc) is 2.26. The van der Waals surface area contributed by atoms with E-state index in [9.17, 15) is 0 Å². The first-order chi connectivity index (χ1) is 8.15. The van der Waals surface area contributed by atoms with E-state index in [1.54, 1.807) is 13.8 Å². The summed E-state index contributed by atoms with van der Waals surface area (Å²) in [5.41, 5.74) is 0. The van der Waals surface area contributed by atoms with Crippen LogP contribution in [0.15, 0.2) is 0 Å². The summed E-state index contributed by atoms with van der Waals surface area (Å²) in [7, 11) is 0. The monoisotopic (exact) mass is 263 g/mol. The summed E-state index contributed by atoms with van der Waals surface area (Å²) in [4.78, 5) is 0. The third-order valence-electron chi connectivity index (χ3n) is 2.51. The number of hydrogen-bond acceptors (Lipinski definition) is 3. The predicted molar refractivity (Wildman–Crippen MR) is 81.3 cm³/mol. The van der Waals surface area contributed by atoms with Gasteiger partial charge in [0.05, 0.1) is 0 Å². The SMILES string of the molecule is CC(C)O.CCCCCCCCCCCCO.N. The number of hydrogen-bond donors (Lipinski definition) is 3. The molecule has 0 atom stereocenters. The van der Waals surface area contributed by atoms with Crippen molar-refractivity contribution >= 4 is 0 Å². The van der Waals surface area contributed by atoms with Crippen molar-refractivity contribution in [1.82, 2.24) is 6.15 Å². The lowest BCUT2D eigenvalue weighted by Gasteiger charge is -2.00. The van der Waals surface area contributed by atoms with Crippen LogP contribution in [0.1, 0.15) is 85.0 Å². The Morgan fingerprint density at radius 3 is 1.28 bits per heavy atom. The molecule has 0 amide bonds. The molecule has 0 heterocycles. The fraction of sp³-hybridized carbons (Fsp3) is 1.00. The van der Waals surface area contributed by atoms with E-state index in [1.807, 2.05) is 0 Å². The van der Waals surface area contributed by atoms with Crippen LogP contribution in [0.4, 0.5) is 0 Å². The molecule has 0 aromatic heterocycles. The summed E-state index contributed by atoms with van der Waals surface area (Å²) < 4.78 is 0. The molecule has 0 aliphatic carbocycles. The minimum Gasteiger partial charge on any atom is -0.396 e. The molecule has 0 aliphatic rings. The summed E-state index contributed by atoms with van der Waals surface area (Å²) in [5.74, 6) is 0. The Morgan fingerprint density at radius 1 is 0.722 bits per heavy atom. The van der Waals surface area contributed by atoms with Crippen molar-refractivity contribution in [3.63, 3.8) is 0 Å². The zero-order valence-electron chi connectivity index (χ0n) is 13.0. The Morgan fingerprint density at radius 2 is 1.00 bits per heavy atom. The molecular formula is C15H37NO2. The maximum Gasteiger partial charge on any atom is 0.0483 e. The van der Waals surface area contributed by atoms with Crippen molar-refractivity contribution in [1.29, 1.82) is 0 Å². The molecule has 0 fully saturated rings. The van der Waals surface area contributed by atoms with E-state index in [1.165, 1.54) is 57.8 Å². The number of unbranched alkanes of at least 4 members (excludes halogenated alkanes) is 9. The summed E-state index contributed by atoms with van der Waals surface area (Å²) in [6.45, 7) is 6.07. The predicted octanol–water partition coefficient (Wildman–Crippen LogP) is 4.45. The molecule has 3 heteroatoms. The van der Waals surface area contributed by atoms with Gasteiger partial charge in [-0.05, 0) is 20.3 Å². The maximum atomic E-state index is 8.57. The van der Waals surface area contributed by atoms with Gasteiger partial charge in [-0.3, -0.25) is 0 Å². The van der Waals surface area contributed by atoms with E-state index in [4.69, 9.17) is 10.2 Å². The highest BCUT2D eigenvalue weighted by atomic mass is 16.3. The second-order valence-electron chi connectivity index (χ2n) is 5.00. The van der Waals surface area contributed by atoms with Crippen molar-refractivity contribution in [2.45, 2.75) is 91.1 Å². The minimum atomic E-state index is -0.167. The topological polar surface area (TPSA) is 75.5 Å². The molecule has 114 valence electrons. The van der Waals surface area contributed by atoms with Crippen LogP contribution >= 0.6 is 0 Å². The van der Waals surface area contributed by atoms with Crippen LogP contribution in [0.25, 0.3) is 0 Å². The zero-order chi connectivity index (χ0) is 13.4. The number of aliphatic hydroxyl groups is 2. The molecular weight excluding hydrogens is 226 g/mol. The Balaban J connectivity index is -0.000000392. The van der Waals surface area contributed by atoms with Gasteiger partial charge in [0.25, 0.3) is 0 Å². The Labute approximate surface area is 115 Å². The van der Waals surface area contributed by atoms with E-state index < -0.39 is 0 Å². The van der Waals surface area contributed by atoms with Crippen molar-refractivity contribution in [2.75, 3.05) is 6.61 Å². The molecule has 0 radical (unpaired) electrons. The highest BCUT2D eigenvalue weighted by Crippen LogP contribution is 2.09. The standard InChI is InChI=1S/C12H26O.C3H8O.H3N/c1-2-3-4-5-6-7-8-9-10-11-12-13;1-3(2)4;/h13H,2-12H2,1H3;3-4H,1-2H3;1H3. The highest BCUT2D eigenvalue weighted by Gasteiger charge is 1.91. The van der Waals surface area contributed by atoms with E-state index >= 15 is 0 Å². The van der Waals surface area contributed by atoms with Gasteiger partial charge in [-0.2, -0.15) is 0 Å². The first-order valence-corrected chi connectivity index (χ1v) is 7.44. The lowest BCUT2D eigenvalue weighted by Crippen LogP contribution is -1.85. The molecule has 0 unspecified atom stereocenters. The smallest absolute Gasteiger partial charge is 0.0483 e. The second-order valence-corrected chi connectivity index (χ2v) is 5.00. The third kappa shape index (κ3) is 36.0. The fourth-order valence-electron chi connectivity index (χ4n) is 1.60. The van der Waals surface area contributed by atoms with Gasteiger partial charge in [-0.1, -0.05) is 64.7 Å². The molecule has 3 nitrogen and oxygen atoms in total. The van der Waals surface area contributed by atoms with Gasteiger partial charge < -0.3 is 16.4 Å². The van der Waals surface area contributed by atoms with E-state index in [0.717, 1.165) is 6.42 Å². The third-order valence-corrected chi connectivity index (χ3v) is 2.51. The van der Waals surface area contributed by atoms with Crippen LogP contribution in [0.5, 0.6) is 0 Å². The molecule has 0 bridgehead atoms. The van der Waals surface area contributed by atoms with E-state index in [-0.39, 0.29) is 12.3 Å². The molecule has 0 aromatic carbocycles. The minimum absolute atomic E-state index is 0. The molecule has 0 aliphatic heterocycles. The zero-order valence-corrected chi connectivity index (χ0v) is 13.0. The van der Waals surface area contributed by atoms with E-state index in [0.29, 0.717) is 6.61 Å².